The molecule has 3 aromatic carbocycles. The van der Waals surface area contributed by atoms with Gasteiger partial charge in [0.15, 0.2) is 16.7 Å². The van der Waals surface area contributed by atoms with Gasteiger partial charge >= 0.3 is 0 Å². The van der Waals surface area contributed by atoms with E-state index >= 15 is 0 Å². The zero-order chi connectivity index (χ0) is 24.9. The number of ether oxygens (including phenoxy) is 2. The third-order valence-electron chi connectivity index (χ3n) is 5.18. The molecular formula is C25H21N3O6S. The number of nitro benzene ring substituents is 1. The molecule has 178 valence electrons. The number of phenolic OH excluding ortho intramolecular Hbond substituents is 1. The van der Waals surface area contributed by atoms with Crippen LogP contribution in [0.15, 0.2) is 76.6 Å². The Morgan fingerprint density at radius 3 is 2.43 bits per heavy atom. The van der Waals surface area contributed by atoms with Crippen LogP contribution >= 0.6 is 11.8 Å². The van der Waals surface area contributed by atoms with Gasteiger partial charge < -0.3 is 14.6 Å². The molecule has 1 fully saturated rings. The van der Waals surface area contributed by atoms with Gasteiger partial charge in [-0.2, -0.15) is 0 Å². The molecule has 35 heavy (non-hydrogen) atoms. The highest BCUT2D eigenvalue weighted by Gasteiger charge is 2.34. The number of amides is 1. The van der Waals surface area contributed by atoms with Crippen LogP contribution in [0.4, 0.5) is 11.4 Å². The Balaban J connectivity index is 1.75. The number of aromatic hydroxyl groups is 1. The van der Waals surface area contributed by atoms with Crippen molar-refractivity contribution in [1.29, 1.82) is 0 Å². The largest absolute Gasteiger partial charge is 0.504 e. The lowest BCUT2D eigenvalue weighted by Crippen LogP contribution is -2.28. The van der Waals surface area contributed by atoms with Crippen LogP contribution in [0.1, 0.15) is 11.1 Å². The molecule has 0 bridgehead atoms. The van der Waals surface area contributed by atoms with Crippen LogP contribution in [0.25, 0.3) is 6.08 Å². The van der Waals surface area contributed by atoms with Crippen LogP contribution < -0.4 is 9.47 Å². The van der Waals surface area contributed by atoms with E-state index in [4.69, 9.17) is 9.47 Å². The number of amidine groups is 1. The number of aliphatic imine (C=N–C) groups is 1. The minimum Gasteiger partial charge on any atom is -0.504 e. The quantitative estimate of drug-likeness (QED) is 0.277. The van der Waals surface area contributed by atoms with E-state index in [9.17, 15) is 20.0 Å². The first-order valence-corrected chi connectivity index (χ1v) is 11.2. The van der Waals surface area contributed by atoms with Crippen molar-refractivity contribution in [2.75, 3.05) is 14.2 Å². The molecule has 10 heteroatoms. The number of nitro groups is 1. The number of hydrogen-bond donors (Lipinski definition) is 1. The molecule has 0 aliphatic carbocycles. The predicted octanol–water partition coefficient (Wildman–Crippen LogP) is 5.12. The monoisotopic (exact) mass is 491 g/mol. The van der Waals surface area contributed by atoms with Gasteiger partial charge in [-0.1, -0.05) is 30.3 Å². The molecule has 1 heterocycles. The highest BCUT2D eigenvalue weighted by Crippen LogP contribution is 2.40. The first kappa shape index (κ1) is 23.8. The number of thioether (sulfide) groups is 1. The molecule has 3 aromatic rings. The second-order valence-electron chi connectivity index (χ2n) is 7.42. The van der Waals surface area contributed by atoms with Crippen molar-refractivity contribution < 1.29 is 24.3 Å². The Morgan fingerprint density at radius 2 is 1.80 bits per heavy atom. The number of methoxy groups -OCH3 is 2. The van der Waals surface area contributed by atoms with Gasteiger partial charge in [0.25, 0.3) is 11.6 Å². The maximum Gasteiger partial charge on any atom is 0.274 e. The van der Waals surface area contributed by atoms with Gasteiger partial charge in [0.1, 0.15) is 5.75 Å². The molecule has 9 nitrogen and oxygen atoms in total. The minimum absolute atomic E-state index is 0.0604. The molecule has 0 aromatic heterocycles. The molecule has 0 unspecified atom stereocenters. The van der Waals surface area contributed by atoms with Gasteiger partial charge in [-0.25, -0.2) is 4.99 Å². The highest BCUT2D eigenvalue weighted by molar-refractivity contribution is 8.18. The SMILES string of the molecule is COc1ccc(CN2C(=O)/C(=C\c3cc([N+](=O)[O-])cc(OC)c3O)SC2=Nc2ccccc2)cc1. The van der Waals surface area contributed by atoms with Crippen molar-refractivity contribution in [2.24, 2.45) is 4.99 Å². The van der Waals surface area contributed by atoms with Crippen LogP contribution in [-0.4, -0.2) is 40.2 Å². The van der Waals surface area contributed by atoms with E-state index in [0.717, 1.165) is 23.4 Å². The number of benzene rings is 3. The summed E-state index contributed by atoms with van der Waals surface area (Å²) in [6.07, 6.45) is 1.41. The van der Waals surface area contributed by atoms with Crippen molar-refractivity contribution in [2.45, 2.75) is 6.54 Å². The van der Waals surface area contributed by atoms with Gasteiger partial charge in [-0.3, -0.25) is 19.8 Å². The molecule has 1 saturated heterocycles. The number of carbonyl (C=O) groups excluding carboxylic acids is 1. The summed E-state index contributed by atoms with van der Waals surface area (Å²) in [7, 11) is 2.88. The molecule has 1 aliphatic rings. The minimum atomic E-state index is -0.591. The maximum atomic E-state index is 13.4. The van der Waals surface area contributed by atoms with Crippen molar-refractivity contribution in [3.8, 4) is 17.2 Å². The molecule has 0 atom stereocenters. The first-order valence-electron chi connectivity index (χ1n) is 10.4. The highest BCUT2D eigenvalue weighted by atomic mass is 32.2. The summed E-state index contributed by atoms with van der Waals surface area (Å²) in [6.45, 7) is 0.253. The van der Waals surface area contributed by atoms with Crippen molar-refractivity contribution in [3.05, 3.63) is 92.9 Å². The van der Waals surface area contributed by atoms with Crippen LogP contribution in [0.3, 0.4) is 0 Å². The molecule has 0 radical (unpaired) electrons. The summed E-state index contributed by atoms with van der Waals surface area (Å²) >= 11 is 1.12. The number of non-ortho nitro benzene ring substituents is 1. The van der Waals surface area contributed by atoms with Crippen molar-refractivity contribution in [3.63, 3.8) is 0 Å². The zero-order valence-electron chi connectivity index (χ0n) is 18.9. The van der Waals surface area contributed by atoms with Crippen LogP contribution in [0, 0.1) is 10.1 Å². The Morgan fingerprint density at radius 1 is 1.09 bits per heavy atom. The number of nitrogens with zero attached hydrogens (tertiary/aromatic N) is 3. The summed E-state index contributed by atoms with van der Waals surface area (Å²) in [5, 5.41) is 22.3. The van der Waals surface area contributed by atoms with Gasteiger partial charge in [-0.05, 0) is 47.7 Å². The van der Waals surface area contributed by atoms with E-state index in [1.165, 1.54) is 24.2 Å². The van der Waals surface area contributed by atoms with Crippen LogP contribution in [0.5, 0.6) is 17.2 Å². The van der Waals surface area contributed by atoms with Crippen molar-refractivity contribution >= 4 is 40.3 Å². The molecule has 4 rings (SSSR count). The van der Waals surface area contributed by atoms with Crippen molar-refractivity contribution in [1.82, 2.24) is 4.90 Å². The summed E-state index contributed by atoms with van der Waals surface area (Å²) in [5.41, 5.74) is 1.36. The number of carbonyl (C=O) groups is 1. The van der Waals surface area contributed by atoms with E-state index < -0.39 is 4.92 Å². The summed E-state index contributed by atoms with van der Waals surface area (Å²) < 4.78 is 10.3. The van der Waals surface area contributed by atoms with E-state index in [1.807, 2.05) is 42.5 Å². The topological polar surface area (TPSA) is 114 Å². The summed E-state index contributed by atoms with van der Waals surface area (Å²) in [4.78, 5) is 30.6. The number of rotatable bonds is 7. The van der Waals surface area contributed by atoms with Gasteiger partial charge in [0, 0.05) is 11.6 Å². The summed E-state index contributed by atoms with van der Waals surface area (Å²) in [6, 6.07) is 18.9. The fourth-order valence-electron chi connectivity index (χ4n) is 3.38. The van der Waals surface area contributed by atoms with E-state index in [0.29, 0.717) is 16.6 Å². The van der Waals surface area contributed by atoms with Gasteiger partial charge in [-0.15, -0.1) is 0 Å². The lowest BCUT2D eigenvalue weighted by Gasteiger charge is -2.16. The fourth-order valence-corrected chi connectivity index (χ4v) is 4.37. The van der Waals surface area contributed by atoms with E-state index in [2.05, 4.69) is 4.99 Å². The molecule has 1 amide bonds. The predicted molar refractivity (Wildman–Crippen MR) is 134 cm³/mol. The molecule has 0 spiro atoms. The average Bonchev–Trinajstić information content (AvgIpc) is 3.15. The molecule has 1 N–H and O–H groups in total. The lowest BCUT2D eigenvalue weighted by atomic mass is 10.1. The Labute approximate surface area is 205 Å². The number of para-hydroxylation sites is 1. The maximum absolute atomic E-state index is 13.4. The molecule has 0 saturated carbocycles. The first-order chi connectivity index (χ1) is 16.9. The number of hydrogen-bond acceptors (Lipinski definition) is 8. The smallest absolute Gasteiger partial charge is 0.274 e. The zero-order valence-corrected chi connectivity index (χ0v) is 19.7. The fraction of sp³-hybridized carbons (Fsp3) is 0.120. The second kappa shape index (κ2) is 10.3. The second-order valence-corrected chi connectivity index (χ2v) is 8.43. The normalized spacial score (nSPS) is 15.6. The number of phenols is 1. The van der Waals surface area contributed by atoms with E-state index in [-0.39, 0.29) is 40.1 Å². The Kier molecular flexibility index (Phi) is 7.02. The standard InChI is InChI=1S/C25H21N3O6S/c1-33-20-10-8-16(9-11-20)15-27-24(30)22(35-25(27)26-18-6-4-3-5-7-18)13-17-12-19(28(31)32)14-21(34-2)23(17)29/h3-14,29H,15H2,1-2H3/b22-13+,26-25?. The van der Waals surface area contributed by atoms with Gasteiger partial charge in [0.2, 0.25) is 0 Å². The third-order valence-corrected chi connectivity index (χ3v) is 6.18. The summed E-state index contributed by atoms with van der Waals surface area (Å²) in [5.74, 6) is -0.000912. The van der Waals surface area contributed by atoms with Crippen LogP contribution in [-0.2, 0) is 11.3 Å². The lowest BCUT2D eigenvalue weighted by molar-refractivity contribution is -0.385. The Bertz CT molecular complexity index is 1320. The average molecular weight is 492 g/mol. The molecular weight excluding hydrogens is 470 g/mol. The Hall–Kier alpha value is -4.31. The van der Waals surface area contributed by atoms with Gasteiger partial charge in [0.05, 0.1) is 42.3 Å². The van der Waals surface area contributed by atoms with E-state index in [1.54, 1.807) is 19.2 Å². The third kappa shape index (κ3) is 5.28. The van der Waals surface area contributed by atoms with Crippen LogP contribution in [0.2, 0.25) is 0 Å². The molecule has 1 aliphatic heterocycles.